The summed E-state index contributed by atoms with van der Waals surface area (Å²) >= 11 is 0. The van der Waals surface area contributed by atoms with E-state index in [2.05, 4.69) is 37.7 Å². The Morgan fingerprint density at radius 2 is 1.80 bits per heavy atom. The first kappa shape index (κ1) is 28.4. The van der Waals surface area contributed by atoms with Crippen molar-refractivity contribution in [1.29, 1.82) is 0 Å². The van der Waals surface area contributed by atoms with Crippen molar-refractivity contribution in [2.24, 2.45) is 46.8 Å². The van der Waals surface area contributed by atoms with Gasteiger partial charge in [-0.2, -0.15) is 0 Å². The molecule has 6 heteroatoms. The van der Waals surface area contributed by atoms with Crippen LogP contribution in [0.2, 0.25) is 0 Å². The minimum atomic E-state index is -0.423. The van der Waals surface area contributed by atoms with Crippen molar-refractivity contribution in [1.82, 2.24) is 5.32 Å². The van der Waals surface area contributed by atoms with E-state index >= 15 is 0 Å². The van der Waals surface area contributed by atoms with Gasteiger partial charge in [-0.3, -0.25) is 9.59 Å². The van der Waals surface area contributed by atoms with Crippen molar-refractivity contribution >= 4 is 11.9 Å². The van der Waals surface area contributed by atoms with Gasteiger partial charge in [0.1, 0.15) is 6.54 Å². The van der Waals surface area contributed by atoms with Crippen molar-refractivity contribution in [2.45, 2.75) is 111 Å². The van der Waals surface area contributed by atoms with Gasteiger partial charge in [-0.25, -0.2) is 0 Å². The second-order valence-electron chi connectivity index (χ2n) is 12.4. The fourth-order valence-corrected chi connectivity index (χ4v) is 8.40. The van der Waals surface area contributed by atoms with Gasteiger partial charge < -0.3 is 20.3 Å². The molecule has 3 fully saturated rings. The number of ether oxygens (including phenoxy) is 1. The Balaban J connectivity index is 1.72. The summed E-state index contributed by atoms with van der Waals surface area (Å²) in [5, 5.41) is 24.9. The number of esters is 1. The zero-order chi connectivity index (χ0) is 25.8. The number of aliphatic hydroxyl groups is 2. The first-order valence-corrected chi connectivity index (χ1v) is 14.3. The Bertz CT molecular complexity index is 713. The molecule has 0 radical (unpaired) electrons. The van der Waals surface area contributed by atoms with Crippen LogP contribution in [-0.4, -0.2) is 48.0 Å². The normalized spacial score (nSPS) is 40.8. The quantitative estimate of drug-likeness (QED) is 0.447. The van der Waals surface area contributed by atoms with Crippen molar-refractivity contribution in [2.75, 3.05) is 13.7 Å². The third-order valence-electron chi connectivity index (χ3n) is 10.6. The van der Waals surface area contributed by atoms with E-state index in [1.807, 2.05) is 0 Å². The van der Waals surface area contributed by atoms with Crippen LogP contribution >= 0.6 is 0 Å². The van der Waals surface area contributed by atoms with Gasteiger partial charge in [-0.15, -0.1) is 0 Å². The lowest BCUT2D eigenvalue weighted by Gasteiger charge is -2.54. The van der Waals surface area contributed by atoms with E-state index in [1.165, 1.54) is 26.4 Å². The van der Waals surface area contributed by atoms with E-state index in [-0.39, 0.29) is 36.0 Å². The molecule has 0 bridgehead atoms. The van der Waals surface area contributed by atoms with Gasteiger partial charge in [0.25, 0.3) is 0 Å². The molecule has 0 saturated heterocycles. The van der Waals surface area contributed by atoms with E-state index in [0.717, 1.165) is 44.9 Å². The van der Waals surface area contributed by atoms with Crippen LogP contribution in [0.1, 0.15) is 98.3 Å². The minimum Gasteiger partial charge on any atom is -0.468 e. The van der Waals surface area contributed by atoms with Crippen LogP contribution in [-0.2, 0) is 14.3 Å². The number of hydrogen-bond acceptors (Lipinski definition) is 5. The Labute approximate surface area is 213 Å². The number of aliphatic hydroxyl groups excluding tert-OH is 2. The van der Waals surface area contributed by atoms with Crippen LogP contribution in [0, 0.1) is 46.8 Å². The SMILES string of the molecule is CC[C@@H]1CC[C@H](O)CCC(C)[C@H]2CCC3(C)C([C@H](C)CCC(=O)NCC(=O)OC)CC[C@H]3[C@@H]2[C@@H]1O. The zero-order valence-corrected chi connectivity index (χ0v) is 22.8. The predicted octanol–water partition coefficient (Wildman–Crippen LogP) is 4.71. The van der Waals surface area contributed by atoms with Gasteiger partial charge in [0.15, 0.2) is 0 Å². The van der Waals surface area contributed by atoms with E-state index in [1.54, 1.807) is 0 Å². The lowest BCUT2D eigenvalue weighted by Crippen LogP contribution is -2.50. The number of carbonyl (C=O) groups is 2. The van der Waals surface area contributed by atoms with Gasteiger partial charge in [0, 0.05) is 6.42 Å². The molecule has 0 aromatic heterocycles. The monoisotopic (exact) mass is 493 g/mol. The molecule has 10 atom stereocenters. The van der Waals surface area contributed by atoms with Crippen molar-refractivity contribution in [3.63, 3.8) is 0 Å². The number of methoxy groups -OCH3 is 1. The molecule has 0 aromatic carbocycles. The molecule has 0 aromatic rings. The number of amides is 1. The highest BCUT2D eigenvalue weighted by Gasteiger charge is 2.57. The second-order valence-corrected chi connectivity index (χ2v) is 12.4. The standard InChI is InChI=1S/C29H51NO5/c1-6-20-9-11-21(31)10-7-18(2)22-15-16-29(4)23(12-13-24(29)27(22)28(20)34)19(3)8-14-25(32)30-17-26(33)35-5/h18-24,27-28,31,34H,6-17H2,1-5H3,(H,30,32)/t18?,19-,20-,21-,22-,23?,24+,27-,28-,29?/m1/s1. The number of rotatable bonds is 7. The van der Waals surface area contributed by atoms with Gasteiger partial charge in [-0.1, -0.05) is 34.1 Å². The van der Waals surface area contributed by atoms with E-state index < -0.39 is 5.97 Å². The molecule has 3 rings (SSSR count). The summed E-state index contributed by atoms with van der Waals surface area (Å²) in [6, 6.07) is 0. The Kier molecular flexibility index (Phi) is 10.1. The average molecular weight is 494 g/mol. The van der Waals surface area contributed by atoms with Crippen molar-refractivity contribution < 1.29 is 24.5 Å². The molecular formula is C29H51NO5. The first-order chi connectivity index (χ1) is 16.6. The number of fused-ring (bicyclic) bond motifs is 3. The Morgan fingerprint density at radius 3 is 2.49 bits per heavy atom. The molecule has 3 aliphatic carbocycles. The molecular weight excluding hydrogens is 442 g/mol. The van der Waals surface area contributed by atoms with Gasteiger partial charge in [-0.05, 0) is 105 Å². The maximum absolute atomic E-state index is 12.3. The molecule has 202 valence electrons. The summed E-state index contributed by atoms with van der Waals surface area (Å²) in [5.74, 6) is 2.66. The van der Waals surface area contributed by atoms with Crippen molar-refractivity contribution in [3.05, 3.63) is 0 Å². The van der Waals surface area contributed by atoms with Gasteiger partial charge >= 0.3 is 5.97 Å². The fourth-order valence-electron chi connectivity index (χ4n) is 8.40. The minimum absolute atomic E-state index is 0.0678. The average Bonchev–Trinajstić information content (AvgIpc) is 3.20. The molecule has 3 saturated carbocycles. The van der Waals surface area contributed by atoms with E-state index in [0.29, 0.717) is 41.9 Å². The maximum atomic E-state index is 12.3. The van der Waals surface area contributed by atoms with Crippen LogP contribution in [0.25, 0.3) is 0 Å². The van der Waals surface area contributed by atoms with Crippen LogP contribution in [0.3, 0.4) is 0 Å². The Morgan fingerprint density at radius 1 is 1.09 bits per heavy atom. The van der Waals surface area contributed by atoms with Gasteiger partial charge in [0.05, 0.1) is 19.3 Å². The second kappa shape index (κ2) is 12.4. The van der Waals surface area contributed by atoms with Gasteiger partial charge in [0.2, 0.25) is 5.91 Å². The highest BCUT2D eigenvalue weighted by Crippen LogP contribution is 2.63. The maximum Gasteiger partial charge on any atom is 0.325 e. The lowest BCUT2D eigenvalue weighted by molar-refractivity contribution is -0.141. The Hall–Kier alpha value is -1.14. The predicted molar refractivity (Wildman–Crippen MR) is 137 cm³/mol. The third kappa shape index (κ3) is 6.41. The smallest absolute Gasteiger partial charge is 0.325 e. The van der Waals surface area contributed by atoms with Crippen LogP contribution in [0.15, 0.2) is 0 Å². The topological polar surface area (TPSA) is 95.9 Å². The fraction of sp³-hybridized carbons (Fsp3) is 0.931. The number of carbonyl (C=O) groups excluding carboxylic acids is 2. The van der Waals surface area contributed by atoms with Crippen molar-refractivity contribution in [3.8, 4) is 0 Å². The highest BCUT2D eigenvalue weighted by molar-refractivity contribution is 5.81. The molecule has 3 aliphatic rings. The van der Waals surface area contributed by atoms with E-state index in [9.17, 15) is 19.8 Å². The summed E-state index contributed by atoms with van der Waals surface area (Å²) in [6.07, 6.45) is 10.1. The largest absolute Gasteiger partial charge is 0.468 e. The van der Waals surface area contributed by atoms with Crippen LogP contribution in [0.4, 0.5) is 0 Å². The molecule has 3 unspecified atom stereocenters. The number of hydrogen-bond donors (Lipinski definition) is 3. The van der Waals surface area contributed by atoms with Crippen LogP contribution < -0.4 is 5.32 Å². The molecule has 0 heterocycles. The highest BCUT2D eigenvalue weighted by atomic mass is 16.5. The molecule has 3 N–H and O–H groups in total. The summed E-state index contributed by atoms with van der Waals surface area (Å²) in [7, 11) is 1.32. The third-order valence-corrected chi connectivity index (χ3v) is 10.6. The summed E-state index contributed by atoms with van der Waals surface area (Å²) in [6.45, 7) is 9.24. The first-order valence-electron chi connectivity index (χ1n) is 14.3. The summed E-state index contributed by atoms with van der Waals surface area (Å²) in [5.41, 5.74) is 0.200. The zero-order valence-electron chi connectivity index (χ0n) is 22.8. The lowest BCUT2D eigenvalue weighted by atomic mass is 9.52. The summed E-state index contributed by atoms with van der Waals surface area (Å²) in [4.78, 5) is 23.6. The van der Waals surface area contributed by atoms with Crippen LogP contribution in [0.5, 0.6) is 0 Å². The van der Waals surface area contributed by atoms with E-state index in [4.69, 9.17) is 0 Å². The molecule has 35 heavy (non-hydrogen) atoms. The molecule has 0 aliphatic heterocycles. The number of nitrogens with one attached hydrogen (secondary N) is 1. The molecule has 6 nitrogen and oxygen atoms in total. The summed E-state index contributed by atoms with van der Waals surface area (Å²) < 4.78 is 4.61. The molecule has 0 spiro atoms. The molecule has 1 amide bonds.